The molecule has 0 N–H and O–H groups in total. The number of methoxy groups -OCH3 is 1. The normalized spacial score (nSPS) is 18.7. The Balaban J connectivity index is 1.82. The molecule has 3 aromatic carbocycles. The van der Waals surface area contributed by atoms with Crippen LogP contribution < -0.4 is 4.74 Å². The lowest BCUT2D eigenvalue weighted by Crippen LogP contribution is -2.42. The number of carbonyl (C=O) groups is 1. The first-order valence-corrected chi connectivity index (χ1v) is 11.3. The summed E-state index contributed by atoms with van der Waals surface area (Å²) < 4.78 is 11.0. The summed E-state index contributed by atoms with van der Waals surface area (Å²) in [5, 5.41) is 0. The number of hydrogen-bond donors (Lipinski definition) is 0. The van der Waals surface area contributed by atoms with E-state index >= 15 is 0 Å². The number of aliphatic imine (C=N–C) groups is 1. The molecule has 4 nitrogen and oxygen atoms in total. The number of esters is 1. The molecule has 0 fully saturated rings. The summed E-state index contributed by atoms with van der Waals surface area (Å²) in [5.74, 6) is 0.225. The highest BCUT2D eigenvalue weighted by Crippen LogP contribution is 2.43. The second-order valence-corrected chi connectivity index (χ2v) is 8.09. The summed E-state index contributed by atoms with van der Waals surface area (Å²) in [6.07, 6.45) is 5.43. The third kappa shape index (κ3) is 4.90. The van der Waals surface area contributed by atoms with Crippen LogP contribution in [0.5, 0.6) is 5.75 Å². The molecule has 1 heterocycles. The molecule has 0 unspecified atom stereocenters. The maximum atomic E-state index is 13.5. The molecular formula is C29H29NO3. The van der Waals surface area contributed by atoms with Crippen LogP contribution in [0.15, 0.2) is 96.0 Å². The molecule has 0 saturated carbocycles. The van der Waals surface area contributed by atoms with Gasteiger partial charge in [0.15, 0.2) is 5.54 Å². The Kier molecular flexibility index (Phi) is 7.04. The molecule has 2 atom stereocenters. The Morgan fingerprint density at radius 2 is 1.76 bits per heavy atom. The zero-order valence-corrected chi connectivity index (χ0v) is 19.1. The van der Waals surface area contributed by atoms with E-state index in [2.05, 4.69) is 36.4 Å². The number of benzene rings is 3. The van der Waals surface area contributed by atoms with Crippen molar-refractivity contribution in [3.8, 4) is 5.75 Å². The second-order valence-electron chi connectivity index (χ2n) is 8.09. The highest BCUT2D eigenvalue weighted by atomic mass is 16.5. The smallest absolute Gasteiger partial charge is 0.334 e. The number of hydrogen-bond acceptors (Lipinski definition) is 4. The van der Waals surface area contributed by atoms with Crippen LogP contribution in [0.4, 0.5) is 0 Å². The minimum absolute atomic E-state index is 0.263. The van der Waals surface area contributed by atoms with E-state index in [1.807, 2.05) is 67.6 Å². The van der Waals surface area contributed by atoms with Crippen molar-refractivity contribution in [3.63, 3.8) is 0 Å². The predicted molar refractivity (Wildman–Crippen MR) is 133 cm³/mol. The predicted octanol–water partition coefficient (Wildman–Crippen LogP) is 6.08. The molecule has 0 aromatic heterocycles. The van der Waals surface area contributed by atoms with Crippen LogP contribution in [0.3, 0.4) is 0 Å². The molecule has 0 bridgehead atoms. The molecule has 4 heteroatoms. The Morgan fingerprint density at radius 1 is 1.03 bits per heavy atom. The fourth-order valence-electron chi connectivity index (χ4n) is 4.41. The topological polar surface area (TPSA) is 47.9 Å². The zero-order valence-electron chi connectivity index (χ0n) is 19.1. The van der Waals surface area contributed by atoms with Crippen LogP contribution in [0.25, 0.3) is 6.08 Å². The van der Waals surface area contributed by atoms with Crippen LogP contribution in [0.2, 0.25) is 0 Å². The quantitative estimate of drug-likeness (QED) is 0.400. The third-order valence-corrected chi connectivity index (χ3v) is 6.06. The summed E-state index contributed by atoms with van der Waals surface area (Å²) in [4.78, 5) is 18.6. The standard InChI is InChI=1S/C29H29NO3/c1-3-33-28(31)29(20-19-27(30-29)24-15-10-16-25(21-24)32-2)26(23-13-8-5-9-14-23)18-17-22-11-6-4-7-12-22/h4-18,21,26H,3,19-20H2,1-2H3/b18-17+/t26-,29+/m1/s1. The molecule has 168 valence electrons. The van der Waals surface area contributed by atoms with Gasteiger partial charge in [-0.3, -0.25) is 4.99 Å². The molecular weight excluding hydrogens is 410 g/mol. The Labute approximate surface area is 195 Å². The highest BCUT2D eigenvalue weighted by molar-refractivity contribution is 6.05. The van der Waals surface area contributed by atoms with Crippen LogP contribution in [-0.2, 0) is 9.53 Å². The molecule has 0 amide bonds. The van der Waals surface area contributed by atoms with Gasteiger partial charge in [-0.05, 0) is 48.6 Å². The van der Waals surface area contributed by atoms with Crippen molar-refractivity contribution in [2.75, 3.05) is 13.7 Å². The first kappa shape index (κ1) is 22.5. The van der Waals surface area contributed by atoms with Gasteiger partial charge in [0.2, 0.25) is 0 Å². The fraction of sp³-hybridized carbons (Fsp3) is 0.241. The van der Waals surface area contributed by atoms with Crippen molar-refractivity contribution in [1.82, 2.24) is 0 Å². The molecule has 33 heavy (non-hydrogen) atoms. The first-order chi connectivity index (χ1) is 16.2. The van der Waals surface area contributed by atoms with Gasteiger partial charge < -0.3 is 9.47 Å². The molecule has 1 aliphatic heterocycles. The molecule has 0 aliphatic carbocycles. The molecule has 0 radical (unpaired) electrons. The van der Waals surface area contributed by atoms with Crippen molar-refractivity contribution in [2.24, 2.45) is 4.99 Å². The van der Waals surface area contributed by atoms with E-state index < -0.39 is 5.54 Å². The lowest BCUT2D eigenvalue weighted by molar-refractivity contribution is -0.150. The maximum Gasteiger partial charge on any atom is 0.334 e. The van der Waals surface area contributed by atoms with Crippen molar-refractivity contribution in [1.29, 1.82) is 0 Å². The number of nitrogens with zero attached hydrogens (tertiary/aromatic N) is 1. The van der Waals surface area contributed by atoms with E-state index in [0.717, 1.165) is 28.2 Å². The van der Waals surface area contributed by atoms with E-state index in [4.69, 9.17) is 14.5 Å². The van der Waals surface area contributed by atoms with Gasteiger partial charge in [-0.25, -0.2) is 4.79 Å². The van der Waals surface area contributed by atoms with Gasteiger partial charge in [0.1, 0.15) is 5.75 Å². The highest BCUT2D eigenvalue weighted by Gasteiger charge is 2.49. The first-order valence-electron chi connectivity index (χ1n) is 11.3. The van der Waals surface area contributed by atoms with Crippen molar-refractivity contribution in [3.05, 3.63) is 108 Å². The van der Waals surface area contributed by atoms with Crippen LogP contribution in [-0.4, -0.2) is 30.9 Å². The summed E-state index contributed by atoms with van der Waals surface area (Å²) in [6, 6.07) is 28.0. The van der Waals surface area contributed by atoms with Gasteiger partial charge in [0, 0.05) is 11.6 Å². The van der Waals surface area contributed by atoms with Crippen LogP contribution in [0.1, 0.15) is 42.4 Å². The largest absolute Gasteiger partial charge is 0.497 e. The molecule has 3 aromatic rings. The van der Waals surface area contributed by atoms with Crippen LogP contribution in [0, 0.1) is 0 Å². The minimum Gasteiger partial charge on any atom is -0.497 e. The number of ether oxygens (including phenoxy) is 2. The Hall–Kier alpha value is -3.66. The monoisotopic (exact) mass is 439 g/mol. The summed E-state index contributed by atoms with van der Waals surface area (Å²) in [6.45, 7) is 2.15. The zero-order chi connectivity index (χ0) is 23.1. The Bertz CT molecular complexity index is 1140. The number of rotatable bonds is 8. The van der Waals surface area contributed by atoms with E-state index in [-0.39, 0.29) is 11.9 Å². The van der Waals surface area contributed by atoms with E-state index in [1.165, 1.54) is 0 Å². The lowest BCUT2D eigenvalue weighted by Gasteiger charge is -2.31. The third-order valence-electron chi connectivity index (χ3n) is 6.06. The van der Waals surface area contributed by atoms with Gasteiger partial charge in [-0.2, -0.15) is 0 Å². The van der Waals surface area contributed by atoms with Crippen LogP contribution >= 0.6 is 0 Å². The van der Waals surface area contributed by atoms with Crippen molar-refractivity contribution in [2.45, 2.75) is 31.2 Å². The SMILES string of the molecule is CCOC(=O)[C@@]1([C@H](/C=C/c2ccccc2)c2ccccc2)CCC(c2cccc(OC)c2)=N1. The summed E-state index contributed by atoms with van der Waals surface area (Å²) >= 11 is 0. The molecule has 0 spiro atoms. The van der Waals surface area contributed by atoms with Gasteiger partial charge >= 0.3 is 5.97 Å². The second kappa shape index (κ2) is 10.3. The van der Waals surface area contributed by atoms with Gasteiger partial charge in [0.05, 0.1) is 13.7 Å². The van der Waals surface area contributed by atoms with E-state index in [0.29, 0.717) is 19.4 Å². The number of carbonyl (C=O) groups excluding carboxylic acids is 1. The molecule has 1 aliphatic rings. The van der Waals surface area contributed by atoms with Gasteiger partial charge in [-0.1, -0.05) is 84.9 Å². The van der Waals surface area contributed by atoms with E-state index in [1.54, 1.807) is 7.11 Å². The van der Waals surface area contributed by atoms with Gasteiger partial charge in [-0.15, -0.1) is 0 Å². The summed E-state index contributed by atoms with van der Waals surface area (Å²) in [7, 11) is 1.65. The maximum absolute atomic E-state index is 13.5. The lowest BCUT2D eigenvalue weighted by atomic mass is 9.77. The Morgan fingerprint density at radius 3 is 2.45 bits per heavy atom. The minimum atomic E-state index is -1.03. The van der Waals surface area contributed by atoms with E-state index in [9.17, 15) is 4.79 Å². The van der Waals surface area contributed by atoms with Gasteiger partial charge in [0.25, 0.3) is 0 Å². The average molecular weight is 440 g/mol. The molecule has 0 saturated heterocycles. The summed E-state index contributed by atoms with van der Waals surface area (Å²) in [5.41, 5.74) is 2.96. The average Bonchev–Trinajstić information content (AvgIpc) is 3.32. The fourth-order valence-corrected chi connectivity index (χ4v) is 4.41. The molecule has 4 rings (SSSR count). The van der Waals surface area contributed by atoms with Crippen molar-refractivity contribution < 1.29 is 14.3 Å². The van der Waals surface area contributed by atoms with Crippen molar-refractivity contribution >= 4 is 17.8 Å².